The molecule has 0 fully saturated rings. The summed E-state index contributed by atoms with van der Waals surface area (Å²) in [7, 11) is 0. The van der Waals surface area contributed by atoms with Crippen LogP contribution in [0, 0.1) is 0 Å². The van der Waals surface area contributed by atoms with E-state index in [1.807, 2.05) is 26.0 Å². The predicted octanol–water partition coefficient (Wildman–Crippen LogP) is 2.56. The van der Waals surface area contributed by atoms with Crippen molar-refractivity contribution in [3.63, 3.8) is 0 Å². The number of hydrogen-bond acceptors (Lipinski definition) is 2. The Morgan fingerprint density at radius 1 is 1.36 bits per heavy atom. The molecule has 0 amide bonds. The van der Waals surface area contributed by atoms with Crippen molar-refractivity contribution >= 4 is 12.6 Å². The van der Waals surface area contributed by atoms with Gasteiger partial charge in [-0.15, -0.1) is 0 Å². The molecule has 0 heterocycles. The molecule has 0 radical (unpaired) electrons. The van der Waals surface area contributed by atoms with Crippen molar-refractivity contribution in [2.45, 2.75) is 18.6 Å². The average Bonchev–Trinajstić information content (AvgIpc) is 1.86. The standard InChI is InChI=1S/C9H12OS/c1-9(2,11)7-4-3-5-8(10)6-7/h3-6,10-11H,1-2H3. The molecule has 0 unspecified atom stereocenters. The van der Waals surface area contributed by atoms with Crippen LogP contribution in [0.25, 0.3) is 0 Å². The summed E-state index contributed by atoms with van der Waals surface area (Å²) in [6.07, 6.45) is 0. The smallest absolute Gasteiger partial charge is 0.115 e. The maximum absolute atomic E-state index is 9.14. The minimum absolute atomic E-state index is 0.182. The molecule has 0 atom stereocenters. The number of hydrogen-bond donors (Lipinski definition) is 2. The number of aromatic hydroxyl groups is 1. The van der Waals surface area contributed by atoms with Gasteiger partial charge in [0.2, 0.25) is 0 Å². The molecule has 0 spiro atoms. The lowest BCUT2D eigenvalue weighted by atomic mass is 10.0. The van der Waals surface area contributed by atoms with E-state index in [0.717, 1.165) is 5.56 Å². The molecule has 1 nitrogen and oxygen atoms in total. The second-order valence-corrected chi connectivity index (χ2v) is 4.23. The van der Waals surface area contributed by atoms with E-state index in [-0.39, 0.29) is 4.75 Å². The first-order valence-corrected chi connectivity index (χ1v) is 3.97. The summed E-state index contributed by atoms with van der Waals surface area (Å²) >= 11 is 4.38. The zero-order valence-electron chi connectivity index (χ0n) is 6.70. The molecular formula is C9H12OS. The van der Waals surface area contributed by atoms with Crippen molar-refractivity contribution in [1.82, 2.24) is 0 Å². The van der Waals surface area contributed by atoms with E-state index >= 15 is 0 Å². The Morgan fingerprint density at radius 2 is 2.00 bits per heavy atom. The van der Waals surface area contributed by atoms with Crippen LogP contribution in [0.1, 0.15) is 19.4 Å². The van der Waals surface area contributed by atoms with Crippen LogP contribution in [-0.4, -0.2) is 5.11 Å². The fourth-order valence-corrected chi connectivity index (χ4v) is 1.03. The molecule has 0 aromatic heterocycles. The lowest BCUT2D eigenvalue weighted by molar-refractivity contribution is 0.473. The van der Waals surface area contributed by atoms with Gasteiger partial charge in [0.05, 0.1) is 0 Å². The van der Waals surface area contributed by atoms with Crippen LogP contribution >= 0.6 is 12.6 Å². The van der Waals surface area contributed by atoms with E-state index in [1.54, 1.807) is 12.1 Å². The second-order valence-electron chi connectivity index (χ2n) is 3.11. The van der Waals surface area contributed by atoms with Crippen LogP contribution < -0.4 is 0 Å². The van der Waals surface area contributed by atoms with Crippen molar-refractivity contribution in [1.29, 1.82) is 0 Å². The molecule has 11 heavy (non-hydrogen) atoms. The third-order valence-electron chi connectivity index (χ3n) is 1.55. The summed E-state index contributed by atoms with van der Waals surface area (Å²) in [5, 5.41) is 9.14. The van der Waals surface area contributed by atoms with Gasteiger partial charge in [-0.3, -0.25) is 0 Å². The summed E-state index contributed by atoms with van der Waals surface area (Å²) in [6, 6.07) is 7.16. The molecule has 0 aliphatic carbocycles. The summed E-state index contributed by atoms with van der Waals surface area (Å²) in [5.74, 6) is 0.296. The lowest BCUT2D eigenvalue weighted by Crippen LogP contribution is -2.06. The molecule has 1 aromatic rings. The Labute approximate surface area is 72.5 Å². The van der Waals surface area contributed by atoms with Crippen LogP contribution in [0.4, 0.5) is 0 Å². The van der Waals surface area contributed by atoms with Crippen LogP contribution in [0.5, 0.6) is 5.75 Å². The quantitative estimate of drug-likeness (QED) is 0.617. The molecule has 1 rings (SSSR count). The highest BCUT2D eigenvalue weighted by atomic mass is 32.1. The first-order chi connectivity index (χ1) is 5.00. The zero-order valence-corrected chi connectivity index (χ0v) is 7.60. The monoisotopic (exact) mass is 168 g/mol. The van der Waals surface area contributed by atoms with Crippen LogP contribution in [0.3, 0.4) is 0 Å². The molecule has 0 bridgehead atoms. The maximum atomic E-state index is 9.14. The Morgan fingerprint density at radius 3 is 2.36 bits per heavy atom. The van der Waals surface area contributed by atoms with Gasteiger partial charge in [0.1, 0.15) is 5.75 Å². The molecule has 2 heteroatoms. The molecule has 1 aromatic carbocycles. The van der Waals surface area contributed by atoms with E-state index in [0.29, 0.717) is 5.75 Å². The first-order valence-electron chi connectivity index (χ1n) is 3.52. The Bertz CT molecular complexity index is 250. The number of phenolic OH excluding ortho intramolecular Hbond substituents is 1. The highest BCUT2D eigenvalue weighted by Gasteiger charge is 2.14. The Balaban J connectivity index is 3.06. The lowest BCUT2D eigenvalue weighted by Gasteiger charge is -2.17. The fraction of sp³-hybridized carbons (Fsp3) is 0.333. The van der Waals surface area contributed by atoms with E-state index in [9.17, 15) is 0 Å². The van der Waals surface area contributed by atoms with Crippen molar-refractivity contribution in [3.05, 3.63) is 29.8 Å². The Hall–Kier alpha value is -0.630. The summed E-state index contributed by atoms with van der Waals surface area (Å²) in [5.41, 5.74) is 1.03. The van der Waals surface area contributed by atoms with E-state index in [1.165, 1.54) is 0 Å². The van der Waals surface area contributed by atoms with Crippen LogP contribution in [-0.2, 0) is 4.75 Å². The molecule has 0 aliphatic heterocycles. The molecule has 0 saturated carbocycles. The van der Waals surface area contributed by atoms with Crippen molar-refractivity contribution < 1.29 is 5.11 Å². The maximum Gasteiger partial charge on any atom is 0.115 e. The van der Waals surface area contributed by atoms with Gasteiger partial charge in [-0.05, 0) is 31.5 Å². The van der Waals surface area contributed by atoms with Gasteiger partial charge < -0.3 is 5.11 Å². The largest absolute Gasteiger partial charge is 0.508 e. The third-order valence-corrected chi connectivity index (χ3v) is 1.81. The van der Waals surface area contributed by atoms with Crippen molar-refractivity contribution in [2.24, 2.45) is 0 Å². The van der Waals surface area contributed by atoms with Gasteiger partial charge in [-0.25, -0.2) is 0 Å². The molecule has 0 saturated heterocycles. The summed E-state index contributed by atoms with van der Waals surface area (Å²) < 4.78 is -0.182. The van der Waals surface area contributed by atoms with E-state index < -0.39 is 0 Å². The van der Waals surface area contributed by atoms with Gasteiger partial charge in [0.25, 0.3) is 0 Å². The number of phenols is 1. The molecule has 1 N–H and O–H groups in total. The van der Waals surface area contributed by atoms with Gasteiger partial charge >= 0.3 is 0 Å². The first kappa shape index (κ1) is 8.47. The second kappa shape index (κ2) is 2.78. The number of benzene rings is 1. The highest BCUT2D eigenvalue weighted by Crippen LogP contribution is 2.28. The topological polar surface area (TPSA) is 20.2 Å². The van der Waals surface area contributed by atoms with Gasteiger partial charge in [0.15, 0.2) is 0 Å². The zero-order chi connectivity index (χ0) is 8.48. The van der Waals surface area contributed by atoms with Gasteiger partial charge in [-0.2, -0.15) is 12.6 Å². The van der Waals surface area contributed by atoms with E-state index in [4.69, 9.17) is 5.11 Å². The molecule has 60 valence electrons. The summed E-state index contributed by atoms with van der Waals surface area (Å²) in [4.78, 5) is 0. The average molecular weight is 168 g/mol. The Kier molecular flexibility index (Phi) is 2.14. The number of rotatable bonds is 1. The molecule has 0 aliphatic rings. The van der Waals surface area contributed by atoms with Crippen LogP contribution in [0.2, 0.25) is 0 Å². The SMILES string of the molecule is CC(C)(S)c1cccc(O)c1. The third kappa shape index (κ3) is 2.15. The molecular weight excluding hydrogens is 156 g/mol. The van der Waals surface area contributed by atoms with Gasteiger partial charge in [-0.1, -0.05) is 12.1 Å². The summed E-state index contributed by atoms with van der Waals surface area (Å²) in [6.45, 7) is 3.98. The predicted molar refractivity (Wildman–Crippen MR) is 50.1 cm³/mol. The normalized spacial score (nSPS) is 11.5. The highest BCUT2D eigenvalue weighted by molar-refractivity contribution is 7.81. The fourth-order valence-electron chi connectivity index (χ4n) is 0.886. The van der Waals surface area contributed by atoms with Crippen LogP contribution in [0.15, 0.2) is 24.3 Å². The van der Waals surface area contributed by atoms with Crippen molar-refractivity contribution in [2.75, 3.05) is 0 Å². The minimum atomic E-state index is -0.182. The van der Waals surface area contributed by atoms with Gasteiger partial charge in [0, 0.05) is 4.75 Å². The van der Waals surface area contributed by atoms with Crippen molar-refractivity contribution in [3.8, 4) is 5.75 Å². The van der Waals surface area contributed by atoms with E-state index in [2.05, 4.69) is 12.6 Å². The minimum Gasteiger partial charge on any atom is -0.508 e. The number of thiol groups is 1.